The number of hydrogen-bond donors (Lipinski definition) is 1. The van der Waals surface area contributed by atoms with Crippen LogP contribution in [0.4, 0.5) is 36.6 Å². The number of hydrogen-bond acceptors (Lipinski definition) is 5. The molecule has 49 heavy (non-hydrogen) atoms. The van der Waals surface area contributed by atoms with Crippen molar-refractivity contribution in [1.82, 2.24) is 9.97 Å². The Hall–Kier alpha value is -4.42. The Morgan fingerprint density at radius 2 is 1.35 bits per heavy atom. The SMILES string of the molecule is CC(C)c1ccccc1Sc1ccc(-c2ccnc(N3CCC(O)C3)c2)cc1C(F)(F)F.Fc1ccc(-c2ccncc2)cc1C(F)(F)F. The normalized spacial score (nSPS) is 14.9. The molecule has 1 N–H and O–H groups in total. The van der Waals surface area contributed by atoms with Crippen LogP contribution in [0.1, 0.15) is 42.9 Å². The highest BCUT2D eigenvalue weighted by molar-refractivity contribution is 7.99. The van der Waals surface area contributed by atoms with Crippen LogP contribution in [0.3, 0.4) is 0 Å². The molecule has 1 saturated heterocycles. The number of halogens is 7. The highest BCUT2D eigenvalue weighted by Crippen LogP contribution is 2.43. The summed E-state index contributed by atoms with van der Waals surface area (Å²) in [6.07, 6.45) is -4.37. The van der Waals surface area contributed by atoms with E-state index in [1.165, 1.54) is 24.5 Å². The number of aromatic nitrogens is 2. The van der Waals surface area contributed by atoms with Gasteiger partial charge in [-0.25, -0.2) is 9.37 Å². The first-order valence-corrected chi connectivity index (χ1v) is 16.2. The molecule has 2 aromatic heterocycles. The van der Waals surface area contributed by atoms with E-state index in [9.17, 15) is 35.8 Å². The summed E-state index contributed by atoms with van der Waals surface area (Å²) in [4.78, 5) is 11.1. The van der Waals surface area contributed by atoms with Gasteiger partial charge < -0.3 is 10.0 Å². The van der Waals surface area contributed by atoms with E-state index < -0.39 is 35.4 Å². The number of alkyl halides is 6. The quantitative estimate of drug-likeness (QED) is 0.179. The minimum Gasteiger partial charge on any atom is -0.391 e. The average molecular weight is 700 g/mol. The molecule has 3 aromatic carbocycles. The number of benzene rings is 3. The molecule has 0 bridgehead atoms. The molecule has 4 nitrogen and oxygen atoms in total. The second-order valence-electron chi connectivity index (χ2n) is 11.7. The third-order valence-corrected chi connectivity index (χ3v) is 9.07. The fraction of sp³-hybridized carbons (Fsp3) is 0.243. The van der Waals surface area contributed by atoms with Gasteiger partial charge >= 0.3 is 12.4 Å². The first-order chi connectivity index (χ1) is 23.2. The summed E-state index contributed by atoms with van der Waals surface area (Å²) < 4.78 is 92.6. The molecule has 12 heteroatoms. The molecule has 1 atom stereocenters. The van der Waals surface area contributed by atoms with Crippen LogP contribution in [0.15, 0.2) is 113 Å². The number of aliphatic hydroxyl groups excluding tert-OH is 1. The fourth-order valence-corrected chi connectivity index (χ4v) is 6.60. The lowest BCUT2D eigenvalue weighted by atomic mass is 10.0. The van der Waals surface area contributed by atoms with Crippen LogP contribution >= 0.6 is 11.8 Å². The van der Waals surface area contributed by atoms with Crippen LogP contribution in [0.25, 0.3) is 22.3 Å². The first-order valence-electron chi connectivity index (χ1n) is 15.4. The predicted octanol–water partition coefficient (Wildman–Crippen LogP) is 10.5. The van der Waals surface area contributed by atoms with Gasteiger partial charge in [-0.15, -0.1) is 0 Å². The summed E-state index contributed by atoms with van der Waals surface area (Å²) in [5.74, 6) is -0.390. The molecule has 256 valence electrons. The second-order valence-corrected chi connectivity index (χ2v) is 12.8. The smallest absolute Gasteiger partial charge is 0.391 e. The summed E-state index contributed by atoms with van der Waals surface area (Å²) in [5, 5.41) is 9.78. The van der Waals surface area contributed by atoms with E-state index in [0.29, 0.717) is 47.6 Å². The van der Waals surface area contributed by atoms with E-state index in [4.69, 9.17) is 0 Å². The molecule has 3 heterocycles. The van der Waals surface area contributed by atoms with Crippen LogP contribution in [0, 0.1) is 5.82 Å². The van der Waals surface area contributed by atoms with Crippen LogP contribution in [-0.4, -0.2) is 34.3 Å². The van der Waals surface area contributed by atoms with Gasteiger partial charge in [0.15, 0.2) is 0 Å². The number of aliphatic hydroxyl groups is 1. The molecular weight excluding hydrogens is 667 g/mol. The molecule has 1 unspecified atom stereocenters. The van der Waals surface area contributed by atoms with Crippen LogP contribution in [0.5, 0.6) is 0 Å². The fourth-order valence-electron chi connectivity index (χ4n) is 5.38. The van der Waals surface area contributed by atoms with Gasteiger partial charge in [-0.3, -0.25) is 4.98 Å². The van der Waals surface area contributed by atoms with Gasteiger partial charge in [0.25, 0.3) is 0 Å². The second kappa shape index (κ2) is 15.0. The minimum atomic E-state index is -4.69. The van der Waals surface area contributed by atoms with Gasteiger partial charge in [0.05, 0.1) is 17.2 Å². The van der Waals surface area contributed by atoms with Gasteiger partial charge in [0.2, 0.25) is 0 Å². The molecule has 0 amide bonds. The summed E-state index contributed by atoms with van der Waals surface area (Å²) >= 11 is 1.16. The zero-order valence-electron chi connectivity index (χ0n) is 26.4. The van der Waals surface area contributed by atoms with Crippen LogP contribution in [0.2, 0.25) is 0 Å². The van der Waals surface area contributed by atoms with Gasteiger partial charge in [-0.2, -0.15) is 26.3 Å². The molecule has 1 aliphatic rings. The summed E-state index contributed by atoms with van der Waals surface area (Å²) in [7, 11) is 0. The molecule has 0 radical (unpaired) electrons. The Morgan fingerprint density at radius 3 is 2.00 bits per heavy atom. The zero-order chi connectivity index (χ0) is 35.3. The Balaban J connectivity index is 0.000000232. The topological polar surface area (TPSA) is 49.2 Å². The van der Waals surface area contributed by atoms with Crippen molar-refractivity contribution in [2.45, 2.75) is 54.4 Å². The van der Waals surface area contributed by atoms with Crippen molar-refractivity contribution in [2.24, 2.45) is 0 Å². The van der Waals surface area contributed by atoms with Crippen molar-refractivity contribution < 1.29 is 35.8 Å². The monoisotopic (exact) mass is 699 g/mol. The van der Waals surface area contributed by atoms with Crippen molar-refractivity contribution in [3.8, 4) is 22.3 Å². The van der Waals surface area contributed by atoms with E-state index in [2.05, 4.69) is 9.97 Å². The summed E-state index contributed by atoms with van der Waals surface area (Å²) in [6, 6.07) is 21.6. The maximum absolute atomic E-state index is 14.0. The van der Waals surface area contributed by atoms with Crippen molar-refractivity contribution in [2.75, 3.05) is 18.0 Å². The first kappa shape index (κ1) is 35.9. The van der Waals surface area contributed by atoms with E-state index in [1.807, 2.05) is 43.0 Å². The van der Waals surface area contributed by atoms with E-state index in [0.717, 1.165) is 34.4 Å². The van der Waals surface area contributed by atoms with Gasteiger partial charge in [-0.1, -0.05) is 55.9 Å². The number of pyridine rings is 2. The molecule has 0 spiro atoms. The molecule has 0 saturated carbocycles. The van der Waals surface area contributed by atoms with Crippen molar-refractivity contribution >= 4 is 17.6 Å². The maximum atomic E-state index is 14.0. The van der Waals surface area contributed by atoms with Crippen LogP contribution < -0.4 is 4.90 Å². The van der Waals surface area contributed by atoms with Gasteiger partial charge in [0.1, 0.15) is 11.6 Å². The number of anilines is 1. The van der Waals surface area contributed by atoms with E-state index in [-0.39, 0.29) is 10.8 Å². The zero-order valence-corrected chi connectivity index (χ0v) is 27.3. The Labute approximate surface area is 283 Å². The van der Waals surface area contributed by atoms with E-state index >= 15 is 0 Å². The molecule has 0 aliphatic carbocycles. The minimum absolute atomic E-state index is 0.186. The third-order valence-electron chi connectivity index (χ3n) is 7.90. The van der Waals surface area contributed by atoms with Crippen molar-refractivity contribution in [3.05, 3.63) is 126 Å². The van der Waals surface area contributed by atoms with E-state index in [1.54, 1.807) is 42.6 Å². The summed E-state index contributed by atoms with van der Waals surface area (Å²) in [6.45, 7) is 5.23. The van der Waals surface area contributed by atoms with Gasteiger partial charge in [-0.05, 0) is 94.8 Å². The lowest BCUT2D eigenvalue weighted by molar-refractivity contribution is -0.140. The molecule has 5 aromatic rings. The predicted molar refractivity (Wildman–Crippen MR) is 177 cm³/mol. The van der Waals surface area contributed by atoms with Crippen LogP contribution in [-0.2, 0) is 12.4 Å². The molecular formula is C37H32F7N3OS. The largest absolute Gasteiger partial charge is 0.419 e. The average Bonchev–Trinajstić information content (AvgIpc) is 3.51. The van der Waals surface area contributed by atoms with Crippen molar-refractivity contribution in [3.63, 3.8) is 0 Å². The number of rotatable bonds is 6. The Morgan fingerprint density at radius 1 is 0.735 bits per heavy atom. The Bertz CT molecular complexity index is 1880. The summed E-state index contributed by atoms with van der Waals surface area (Å²) in [5.41, 5.74) is 1.15. The highest BCUT2D eigenvalue weighted by atomic mass is 32.2. The van der Waals surface area contributed by atoms with Crippen molar-refractivity contribution in [1.29, 1.82) is 0 Å². The van der Waals surface area contributed by atoms with Gasteiger partial charge in [0, 0.05) is 41.5 Å². The molecule has 6 rings (SSSR count). The lowest BCUT2D eigenvalue weighted by Gasteiger charge is -2.19. The number of nitrogens with zero attached hydrogens (tertiary/aromatic N) is 3. The number of β-amino-alcohol motifs (C(OH)–C–C–N with tert-alkyl or cyclic N) is 1. The molecule has 1 aliphatic heterocycles. The lowest BCUT2D eigenvalue weighted by Crippen LogP contribution is -2.22. The third kappa shape index (κ3) is 8.98. The highest BCUT2D eigenvalue weighted by Gasteiger charge is 2.35. The standard InChI is InChI=1S/C25H25F3N2OS.C12H7F4N/c1-16(2)20-5-3-4-6-22(20)32-23-8-7-17(13-21(23)25(26,27)28)18-9-11-29-24(14-18)30-12-10-19(31)15-30;13-11-2-1-9(7-10(11)12(14,15)16)8-3-5-17-6-4-8/h3-9,11,13-14,16,19,31H,10,12,15H2,1-2H3;1-7H. The Kier molecular flexibility index (Phi) is 11.0. The maximum Gasteiger partial charge on any atom is 0.419 e. The molecule has 1 fully saturated rings.